The number of methoxy groups -OCH3 is 1. The number of aromatic nitrogens is 2. The molecule has 1 aromatic carbocycles. The van der Waals surface area contributed by atoms with Gasteiger partial charge in [-0.05, 0) is 31.0 Å². The van der Waals surface area contributed by atoms with Gasteiger partial charge in [0.05, 0.1) is 18.9 Å². The molecule has 1 amide bonds. The molecule has 0 saturated heterocycles. The number of nitrogens with one attached hydrogen (secondary N) is 1. The van der Waals surface area contributed by atoms with Gasteiger partial charge in [-0.3, -0.25) is 9.48 Å². The van der Waals surface area contributed by atoms with Crippen LogP contribution in [0.4, 0.5) is 0 Å². The lowest BCUT2D eigenvalue weighted by Gasteiger charge is -2.06. The van der Waals surface area contributed by atoms with E-state index in [2.05, 4.69) is 10.4 Å². The molecule has 122 valence electrons. The minimum Gasteiger partial charge on any atom is -0.497 e. The molecule has 0 radical (unpaired) electrons. The van der Waals surface area contributed by atoms with Crippen molar-refractivity contribution in [3.8, 4) is 5.75 Å². The maximum Gasteiger partial charge on any atom is 0.328 e. The van der Waals surface area contributed by atoms with E-state index in [1.165, 1.54) is 24.0 Å². The van der Waals surface area contributed by atoms with Crippen LogP contribution in [0.15, 0.2) is 36.7 Å². The van der Waals surface area contributed by atoms with Crippen LogP contribution < -0.4 is 10.1 Å². The molecule has 1 atom stereocenters. The summed E-state index contributed by atoms with van der Waals surface area (Å²) in [6.45, 7) is 1.98. The molecular weight excluding hydrogens is 298 g/mol. The zero-order chi connectivity index (χ0) is 16.8. The summed E-state index contributed by atoms with van der Waals surface area (Å²) >= 11 is 0. The van der Waals surface area contributed by atoms with E-state index < -0.39 is 12.0 Å². The number of aliphatic carboxylic acids is 1. The fourth-order valence-electron chi connectivity index (χ4n) is 1.99. The summed E-state index contributed by atoms with van der Waals surface area (Å²) in [5.74, 6) is -0.486. The van der Waals surface area contributed by atoms with Crippen molar-refractivity contribution in [2.75, 3.05) is 13.7 Å². The third kappa shape index (κ3) is 4.32. The van der Waals surface area contributed by atoms with Crippen LogP contribution in [0.2, 0.25) is 0 Å². The van der Waals surface area contributed by atoms with Crippen LogP contribution in [0.25, 0.3) is 0 Å². The van der Waals surface area contributed by atoms with Crippen LogP contribution in [0.3, 0.4) is 0 Å². The molecule has 0 spiro atoms. The summed E-state index contributed by atoms with van der Waals surface area (Å²) in [6, 6.07) is 6.81. The molecule has 2 aromatic rings. The molecule has 0 aliphatic carbocycles. The molecule has 1 heterocycles. The molecule has 0 fully saturated rings. The first-order chi connectivity index (χ1) is 11.0. The molecule has 0 aliphatic rings. The van der Waals surface area contributed by atoms with Crippen molar-refractivity contribution in [1.29, 1.82) is 0 Å². The third-order valence-corrected chi connectivity index (χ3v) is 3.48. The van der Waals surface area contributed by atoms with Gasteiger partial charge in [-0.25, -0.2) is 4.79 Å². The van der Waals surface area contributed by atoms with Gasteiger partial charge in [-0.1, -0.05) is 12.1 Å². The maximum atomic E-state index is 12.0. The van der Waals surface area contributed by atoms with Crippen LogP contribution >= 0.6 is 0 Å². The van der Waals surface area contributed by atoms with E-state index >= 15 is 0 Å². The van der Waals surface area contributed by atoms with Crippen LogP contribution in [0.5, 0.6) is 5.75 Å². The Balaban J connectivity index is 1.86. The number of hydrogen-bond donors (Lipinski definition) is 2. The largest absolute Gasteiger partial charge is 0.497 e. The first kappa shape index (κ1) is 16.5. The standard InChI is InChI=1S/C16H19N3O4/c1-11(16(21)22)19-10-13(9-18-19)15(20)17-8-7-12-3-5-14(23-2)6-4-12/h3-6,9-11H,7-8H2,1-2H3,(H,17,20)(H,21,22). The molecule has 0 saturated carbocycles. The lowest BCUT2D eigenvalue weighted by atomic mass is 10.1. The quantitative estimate of drug-likeness (QED) is 0.807. The van der Waals surface area contributed by atoms with Gasteiger partial charge >= 0.3 is 5.97 Å². The Morgan fingerprint density at radius 3 is 2.65 bits per heavy atom. The number of hydrogen-bond acceptors (Lipinski definition) is 4. The maximum absolute atomic E-state index is 12.0. The zero-order valence-electron chi connectivity index (χ0n) is 13.0. The van der Waals surface area contributed by atoms with Crippen LogP contribution in [0, 0.1) is 0 Å². The summed E-state index contributed by atoms with van der Waals surface area (Å²) < 4.78 is 6.34. The molecule has 0 bridgehead atoms. The van der Waals surface area contributed by atoms with Gasteiger partial charge in [-0.2, -0.15) is 5.10 Å². The first-order valence-electron chi connectivity index (χ1n) is 7.19. The molecular formula is C16H19N3O4. The lowest BCUT2D eigenvalue weighted by molar-refractivity contribution is -0.140. The monoisotopic (exact) mass is 317 g/mol. The highest BCUT2D eigenvalue weighted by atomic mass is 16.5. The number of rotatable bonds is 7. The van der Waals surface area contributed by atoms with Crippen molar-refractivity contribution in [2.45, 2.75) is 19.4 Å². The SMILES string of the molecule is COc1ccc(CCNC(=O)c2cnn(C(C)C(=O)O)c2)cc1. The van der Waals surface area contributed by atoms with E-state index in [0.717, 1.165) is 11.3 Å². The summed E-state index contributed by atoms with van der Waals surface area (Å²) in [6.07, 6.45) is 3.49. The average molecular weight is 317 g/mol. The number of amides is 1. The molecule has 2 N–H and O–H groups in total. The van der Waals surface area contributed by atoms with Crippen molar-refractivity contribution in [3.63, 3.8) is 0 Å². The Hall–Kier alpha value is -2.83. The number of benzene rings is 1. The van der Waals surface area contributed by atoms with Crippen molar-refractivity contribution in [2.24, 2.45) is 0 Å². The minimum atomic E-state index is -1.00. The Labute approximate surface area is 133 Å². The fourth-order valence-corrected chi connectivity index (χ4v) is 1.99. The highest BCUT2D eigenvalue weighted by molar-refractivity contribution is 5.93. The summed E-state index contributed by atoms with van der Waals surface area (Å²) in [5.41, 5.74) is 1.43. The van der Waals surface area contributed by atoms with E-state index in [-0.39, 0.29) is 5.91 Å². The van der Waals surface area contributed by atoms with Gasteiger partial charge in [0, 0.05) is 12.7 Å². The van der Waals surface area contributed by atoms with Crippen molar-refractivity contribution >= 4 is 11.9 Å². The predicted molar refractivity (Wildman–Crippen MR) is 83.6 cm³/mol. The Morgan fingerprint density at radius 2 is 2.04 bits per heavy atom. The summed E-state index contributed by atoms with van der Waals surface area (Å²) in [5, 5.41) is 15.6. The highest BCUT2D eigenvalue weighted by Gasteiger charge is 2.16. The van der Waals surface area contributed by atoms with E-state index in [9.17, 15) is 9.59 Å². The second-order valence-corrected chi connectivity index (χ2v) is 5.08. The number of carbonyl (C=O) groups excluding carboxylic acids is 1. The summed E-state index contributed by atoms with van der Waals surface area (Å²) in [4.78, 5) is 22.9. The molecule has 7 nitrogen and oxygen atoms in total. The van der Waals surface area contributed by atoms with Gasteiger partial charge in [0.1, 0.15) is 11.8 Å². The average Bonchev–Trinajstić information content (AvgIpc) is 3.04. The smallest absolute Gasteiger partial charge is 0.328 e. The van der Waals surface area contributed by atoms with Crippen molar-refractivity contribution in [3.05, 3.63) is 47.8 Å². The minimum absolute atomic E-state index is 0.276. The molecule has 1 unspecified atom stereocenters. The van der Waals surface area contributed by atoms with Gasteiger partial charge in [0.15, 0.2) is 0 Å². The van der Waals surface area contributed by atoms with Gasteiger partial charge in [0.25, 0.3) is 5.91 Å². The highest BCUT2D eigenvalue weighted by Crippen LogP contribution is 2.11. The molecule has 0 aliphatic heterocycles. The van der Waals surface area contributed by atoms with Crippen molar-refractivity contribution in [1.82, 2.24) is 15.1 Å². The van der Waals surface area contributed by atoms with E-state index in [1.54, 1.807) is 7.11 Å². The lowest BCUT2D eigenvalue weighted by Crippen LogP contribution is -2.25. The van der Waals surface area contributed by atoms with Gasteiger partial charge < -0.3 is 15.2 Å². The van der Waals surface area contributed by atoms with Crippen LogP contribution in [0.1, 0.15) is 28.9 Å². The second kappa shape index (κ2) is 7.44. The molecule has 23 heavy (non-hydrogen) atoms. The number of carboxylic acids is 1. The Bertz CT molecular complexity index is 679. The van der Waals surface area contributed by atoms with Crippen LogP contribution in [-0.2, 0) is 11.2 Å². The number of carboxylic acid groups (broad SMARTS) is 1. The summed E-state index contributed by atoms with van der Waals surface area (Å²) in [7, 11) is 1.61. The predicted octanol–water partition coefficient (Wildman–Crippen LogP) is 1.51. The second-order valence-electron chi connectivity index (χ2n) is 5.08. The fraction of sp³-hybridized carbons (Fsp3) is 0.312. The third-order valence-electron chi connectivity index (χ3n) is 3.48. The zero-order valence-corrected chi connectivity index (χ0v) is 13.0. The molecule has 7 heteroatoms. The number of nitrogens with zero attached hydrogens (tertiary/aromatic N) is 2. The number of ether oxygens (including phenoxy) is 1. The van der Waals surface area contributed by atoms with E-state index in [4.69, 9.17) is 9.84 Å². The first-order valence-corrected chi connectivity index (χ1v) is 7.19. The normalized spacial score (nSPS) is 11.7. The van der Waals surface area contributed by atoms with Gasteiger partial charge in [0.2, 0.25) is 0 Å². The van der Waals surface area contributed by atoms with Crippen LogP contribution in [-0.4, -0.2) is 40.4 Å². The Morgan fingerprint density at radius 1 is 1.35 bits per heavy atom. The number of carbonyl (C=O) groups is 2. The Kier molecular flexibility index (Phi) is 5.35. The molecule has 2 rings (SSSR count). The van der Waals surface area contributed by atoms with E-state index in [1.807, 2.05) is 24.3 Å². The van der Waals surface area contributed by atoms with Gasteiger partial charge in [-0.15, -0.1) is 0 Å². The topological polar surface area (TPSA) is 93.5 Å². The van der Waals surface area contributed by atoms with Crippen molar-refractivity contribution < 1.29 is 19.4 Å². The molecule has 1 aromatic heterocycles. The van der Waals surface area contributed by atoms with E-state index in [0.29, 0.717) is 18.5 Å².